The molecule has 3 aliphatic rings. The van der Waals surface area contributed by atoms with E-state index in [9.17, 15) is 0 Å². The van der Waals surface area contributed by atoms with Crippen molar-refractivity contribution in [2.75, 3.05) is 0 Å². The van der Waals surface area contributed by atoms with Crippen LogP contribution in [0.4, 0.5) is 0 Å². The molecular formula is C9H10. The molecule has 0 saturated heterocycles. The molecule has 0 aromatic rings. The third-order valence-electron chi connectivity index (χ3n) is 3.16. The summed E-state index contributed by atoms with van der Waals surface area (Å²) >= 11 is 0. The van der Waals surface area contributed by atoms with Crippen LogP contribution in [0.2, 0.25) is 0 Å². The van der Waals surface area contributed by atoms with E-state index in [2.05, 4.69) is 18.2 Å². The zero-order valence-electron chi connectivity index (χ0n) is 5.43. The molecule has 0 aromatic heterocycles. The summed E-state index contributed by atoms with van der Waals surface area (Å²) in [4.78, 5) is 0. The molecule has 9 heavy (non-hydrogen) atoms. The van der Waals surface area contributed by atoms with Gasteiger partial charge in [0.1, 0.15) is 0 Å². The van der Waals surface area contributed by atoms with Crippen LogP contribution >= 0.6 is 0 Å². The topological polar surface area (TPSA) is 0 Å². The molecule has 0 radical (unpaired) electrons. The Labute approximate surface area is 55.3 Å². The molecule has 1 spiro atoms. The SMILES string of the molecule is C1=CC23CCC2=CC1C3. The van der Waals surface area contributed by atoms with Crippen molar-refractivity contribution in [1.29, 1.82) is 0 Å². The van der Waals surface area contributed by atoms with E-state index in [0.717, 1.165) is 5.92 Å². The zero-order valence-corrected chi connectivity index (χ0v) is 5.43. The average molecular weight is 118 g/mol. The summed E-state index contributed by atoms with van der Waals surface area (Å²) in [6, 6.07) is 0. The fourth-order valence-electron chi connectivity index (χ4n) is 2.50. The Morgan fingerprint density at radius 1 is 1.56 bits per heavy atom. The molecule has 46 valence electrons. The van der Waals surface area contributed by atoms with Gasteiger partial charge in [0.05, 0.1) is 0 Å². The zero-order chi connectivity index (χ0) is 5.90. The van der Waals surface area contributed by atoms with E-state index in [0.29, 0.717) is 5.41 Å². The molecule has 0 heterocycles. The number of rotatable bonds is 0. The van der Waals surface area contributed by atoms with Gasteiger partial charge in [0, 0.05) is 5.41 Å². The summed E-state index contributed by atoms with van der Waals surface area (Å²) in [7, 11) is 0. The van der Waals surface area contributed by atoms with E-state index in [1.165, 1.54) is 19.3 Å². The van der Waals surface area contributed by atoms with Gasteiger partial charge >= 0.3 is 0 Å². The third kappa shape index (κ3) is 0.320. The first-order valence-electron chi connectivity index (χ1n) is 3.80. The summed E-state index contributed by atoms with van der Waals surface area (Å²) in [5, 5.41) is 0. The van der Waals surface area contributed by atoms with E-state index in [1.54, 1.807) is 5.57 Å². The van der Waals surface area contributed by atoms with Crippen LogP contribution in [0.3, 0.4) is 0 Å². The maximum Gasteiger partial charge on any atom is 0.0103 e. The van der Waals surface area contributed by atoms with Gasteiger partial charge in [-0.25, -0.2) is 0 Å². The fraction of sp³-hybridized carbons (Fsp3) is 0.556. The molecule has 1 saturated carbocycles. The second-order valence-corrected chi connectivity index (χ2v) is 3.58. The Morgan fingerprint density at radius 3 is 2.89 bits per heavy atom. The molecule has 0 nitrogen and oxygen atoms in total. The molecule has 2 bridgehead atoms. The first-order valence-corrected chi connectivity index (χ1v) is 3.80. The molecule has 0 aliphatic heterocycles. The Kier molecular flexibility index (Phi) is 0.493. The predicted molar refractivity (Wildman–Crippen MR) is 37.0 cm³/mol. The van der Waals surface area contributed by atoms with Crippen molar-refractivity contribution in [2.24, 2.45) is 11.3 Å². The van der Waals surface area contributed by atoms with E-state index in [1.807, 2.05) is 0 Å². The Morgan fingerprint density at radius 2 is 2.56 bits per heavy atom. The van der Waals surface area contributed by atoms with E-state index in [-0.39, 0.29) is 0 Å². The first-order chi connectivity index (χ1) is 4.39. The van der Waals surface area contributed by atoms with Crippen LogP contribution in [0, 0.1) is 11.3 Å². The molecular weight excluding hydrogens is 108 g/mol. The van der Waals surface area contributed by atoms with Crippen LogP contribution in [0.1, 0.15) is 19.3 Å². The van der Waals surface area contributed by atoms with Gasteiger partial charge in [0.25, 0.3) is 0 Å². The minimum Gasteiger partial charge on any atom is -0.0807 e. The molecule has 3 aliphatic carbocycles. The van der Waals surface area contributed by atoms with Crippen molar-refractivity contribution in [1.82, 2.24) is 0 Å². The summed E-state index contributed by atoms with van der Waals surface area (Å²) in [5.41, 5.74) is 2.38. The maximum absolute atomic E-state index is 2.48. The molecule has 1 fully saturated rings. The molecule has 2 unspecified atom stereocenters. The van der Waals surface area contributed by atoms with Gasteiger partial charge in [-0.2, -0.15) is 0 Å². The fourth-order valence-corrected chi connectivity index (χ4v) is 2.50. The number of hydrogen-bond acceptors (Lipinski definition) is 0. The van der Waals surface area contributed by atoms with Crippen LogP contribution in [0.25, 0.3) is 0 Å². The summed E-state index contributed by atoms with van der Waals surface area (Å²) < 4.78 is 0. The van der Waals surface area contributed by atoms with Gasteiger partial charge in [-0.1, -0.05) is 23.8 Å². The maximum atomic E-state index is 2.48. The van der Waals surface area contributed by atoms with Crippen molar-refractivity contribution in [3.63, 3.8) is 0 Å². The molecule has 0 amide bonds. The van der Waals surface area contributed by atoms with Crippen molar-refractivity contribution in [2.45, 2.75) is 19.3 Å². The molecule has 0 heteroatoms. The van der Waals surface area contributed by atoms with Crippen molar-refractivity contribution >= 4 is 0 Å². The van der Waals surface area contributed by atoms with Crippen molar-refractivity contribution in [3.8, 4) is 0 Å². The molecule has 0 aromatic carbocycles. The lowest BCUT2D eigenvalue weighted by Gasteiger charge is -2.37. The first kappa shape index (κ1) is 4.32. The van der Waals surface area contributed by atoms with Gasteiger partial charge in [-0.15, -0.1) is 0 Å². The molecule has 3 rings (SSSR count). The Hall–Kier alpha value is -0.520. The predicted octanol–water partition coefficient (Wildman–Crippen LogP) is 2.28. The lowest BCUT2D eigenvalue weighted by molar-refractivity contribution is 0.329. The van der Waals surface area contributed by atoms with E-state index in [4.69, 9.17) is 0 Å². The minimum absolute atomic E-state index is 0.630. The van der Waals surface area contributed by atoms with Gasteiger partial charge in [0.15, 0.2) is 0 Å². The highest BCUT2D eigenvalue weighted by Crippen LogP contribution is 2.60. The van der Waals surface area contributed by atoms with Gasteiger partial charge < -0.3 is 0 Å². The summed E-state index contributed by atoms with van der Waals surface area (Å²) in [6.07, 6.45) is 11.5. The lowest BCUT2D eigenvalue weighted by atomic mass is 9.67. The van der Waals surface area contributed by atoms with Crippen molar-refractivity contribution in [3.05, 3.63) is 23.8 Å². The van der Waals surface area contributed by atoms with Crippen LogP contribution < -0.4 is 0 Å². The number of allylic oxidation sites excluding steroid dienone is 4. The highest BCUT2D eigenvalue weighted by molar-refractivity contribution is 5.42. The van der Waals surface area contributed by atoms with Crippen LogP contribution in [0.15, 0.2) is 23.8 Å². The minimum atomic E-state index is 0.630. The highest BCUT2D eigenvalue weighted by Gasteiger charge is 2.47. The average Bonchev–Trinajstić information content (AvgIpc) is 2.32. The summed E-state index contributed by atoms with van der Waals surface area (Å²) in [6.45, 7) is 0. The Balaban J connectivity index is 2.21. The van der Waals surface area contributed by atoms with E-state index < -0.39 is 0 Å². The smallest absolute Gasteiger partial charge is 0.0103 e. The largest absolute Gasteiger partial charge is 0.0807 e. The second kappa shape index (κ2) is 1.03. The lowest BCUT2D eigenvalue weighted by Crippen LogP contribution is -2.25. The third-order valence-corrected chi connectivity index (χ3v) is 3.16. The summed E-state index contributed by atoms with van der Waals surface area (Å²) in [5.74, 6) is 0.836. The molecule has 0 N–H and O–H groups in total. The van der Waals surface area contributed by atoms with Gasteiger partial charge in [-0.05, 0) is 25.2 Å². The van der Waals surface area contributed by atoms with Gasteiger partial charge in [0.2, 0.25) is 0 Å². The standard InChI is InChI=1S/C9H10/c1-3-9-4-2-8(9)5-7(1)6-9/h1,3,5,7H,2,4,6H2. The number of fused-ring (bicyclic) bond motifs is 1. The quantitative estimate of drug-likeness (QED) is 0.428. The highest BCUT2D eigenvalue weighted by atomic mass is 14.5. The van der Waals surface area contributed by atoms with E-state index >= 15 is 0 Å². The van der Waals surface area contributed by atoms with Crippen molar-refractivity contribution < 1.29 is 0 Å². The second-order valence-electron chi connectivity index (χ2n) is 3.58. The normalized spacial score (nSPS) is 50.7. The van der Waals surface area contributed by atoms with Gasteiger partial charge in [-0.3, -0.25) is 0 Å². The van der Waals surface area contributed by atoms with Crippen LogP contribution in [-0.2, 0) is 0 Å². The number of hydrogen-bond donors (Lipinski definition) is 0. The molecule has 2 atom stereocenters. The monoisotopic (exact) mass is 118 g/mol. The van der Waals surface area contributed by atoms with Crippen LogP contribution in [-0.4, -0.2) is 0 Å². The Bertz CT molecular complexity index is 222. The van der Waals surface area contributed by atoms with Crippen LogP contribution in [0.5, 0.6) is 0 Å².